The minimum absolute atomic E-state index is 0.147. The molecule has 0 bridgehead atoms. The summed E-state index contributed by atoms with van der Waals surface area (Å²) in [4.78, 5) is 26.5. The predicted molar refractivity (Wildman–Crippen MR) is 75.6 cm³/mol. The number of carbonyl (C=O) groups excluding carboxylic acids is 1. The molecule has 1 amide bonds. The van der Waals surface area contributed by atoms with Crippen LogP contribution in [-0.2, 0) is 14.3 Å². The van der Waals surface area contributed by atoms with Crippen molar-refractivity contribution in [3.63, 3.8) is 0 Å². The number of aliphatic carboxylic acids is 1. The van der Waals surface area contributed by atoms with Gasteiger partial charge in [0.1, 0.15) is 6.61 Å². The Morgan fingerprint density at radius 1 is 1.25 bits per heavy atom. The lowest BCUT2D eigenvalue weighted by atomic mass is 9.96. The van der Waals surface area contributed by atoms with E-state index in [1.807, 2.05) is 16.7 Å². The molecule has 1 aliphatic rings. The first-order chi connectivity index (χ1) is 9.40. The van der Waals surface area contributed by atoms with E-state index in [0.29, 0.717) is 19.6 Å². The molecule has 1 N–H and O–H groups in total. The summed E-state index contributed by atoms with van der Waals surface area (Å²) in [6.45, 7) is 8.94. The minimum Gasteiger partial charge on any atom is -0.480 e. The second-order valence-corrected chi connectivity index (χ2v) is 5.66. The maximum Gasteiger partial charge on any atom is 0.329 e. The van der Waals surface area contributed by atoms with E-state index in [1.165, 1.54) is 0 Å². The molecule has 0 radical (unpaired) electrons. The van der Waals surface area contributed by atoms with E-state index in [2.05, 4.69) is 13.8 Å². The van der Waals surface area contributed by atoms with Gasteiger partial charge in [-0.05, 0) is 19.8 Å². The van der Waals surface area contributed by atoms with E-state index >= 15 is 0 Å². The van der Waals surface area contributed by atoms with Crippen LogP contribution in [0.25, 0.3) is 0 Å². The molecule has 6 nitrogen and oxygen atoms in total. The molecule has 0 aromatic carbocycles. The predicted octanol–water partition coefficient (Wildman–Crippen LogP) is 0.811. The highest BCUT2D eigenvalue weighted by atomic mass is 16.5. The normalized spacial score (nSPS) is 17.6. The van der Waals surface area contributed by atoms with Crippen LogP contribution in [0.5, 0.6) is 0 Å². The lowest BCUT2D eigenvalue weighted by Gasteiger charge is -2.47. The van der Waals surface area contributed by atoms with Gasteiger partial charge in [-0.2, -0.15) is 0 Å². The van der Waals surface area contributed by atoms with Gasteiger partial charge in [0.25, 0.3) is 0 Å². The van der Waals surface area contributed by atoms with Crippen molar-refractivity contribution in [3.8, 4) is 0 Å². The van der Waals surface area contributed by atoms with Gasteiger partial charge in [-0.15, -0.1) is 0 Å². The summed E-state index contributed by atoms with van der Waals surface area (Å²) in [5.41, 5.74) is -0.432. The SMILES string of the molecule is CCCN(CCC)C(=O)CN1CC(C)(OCC(=O)O)C1. The number of carboxylic acids is 1. The molecule has 0 unspecified atom stereocenters. The van der Waals surface area contributed by atoms with Gasteiger partial charge in [0, 0.05) is 26.2 Å². The van der Waals surface area contributed by atoms with Crippen LogP contribution in [0.15, 0.2) is 0 Å². The van der Waals surface area contributed by atoms with Crippen LogP contribution >= 0.6 is 0 Å². The van der Waals surface area contributed by atoms with Crippen molar-refractivity contribution in [1.29, 1.82) is 0 Å². The zero-order chi connectivity index (χ0) is 15.2. The Balaban J connectivity index is 2.33. The van der Waals surface area contributed by atoms with E-state index < -0.39 is 11.6 Å². The van der Waals surface area contributed by atoms with E-state index in [0.717, 1.165) is 25.9 Å². The smallest absolute Gasteiger partial charge is 0.329 e. The molecule has 0 aliphatic carbocycles. The second-order valence-electron chi connectivity index (χ2n) is 5.66. The fraction of sp³-hybridized carbons (Fsp3) is 0.857. The van der Waals surface area contributed by atoms with Gasteiger partial charge < -0.3 is 14.7 Å². The van der Waals surface area contributed by atoms with Crippen molar-refractivity contribution in [1.82, 2.24) is 9.80 Å². The largest absolute Gasteiger partial charge is 0.480 e. The van der Waals surface area contributed by atoms with Crippen LogP contribution in [-0.4, -0.2) is 71.7 Å². The van der Waals surface area contributed by atoms with Gasteiger partial charge in [-0.25, -0.2) is 4.79 Å². The van der Waals surface area contributed by atoms with Crippen LogP contribution in [0.2, 0.25) is 0 Å². The zero-order valence-corrected chi connectivity index (χ0v) is 12.7. The lowest BCUT2D eigenvalue weighted by Crippen LogP contribution is -2.63. The molecule has 0 atom stereocenters. The van der Waals surface area contributed by atoms with Crippen molar-refractivity contribution in [2.45, 2.75) is 39.2 Å². The number of ether oxygens (including phenoxy) is 1. The van der Waals surface area contributed by atoms with Crippen LogP contribution in [0, 0.1) is 0 Å². The quantitative estimate of drug-likeness (QED) is 0.679. The highest BCUT2D eigenvalue weighted by Gasteiger charge is 2.41. The summed E-state index contributed by atoms with van der Waals surface area (Å²) in [5, 5.41) is 8.60. The Hall–Kier alpha value is -1.14. The maximum absolute atomic E-state index is 12.2. The lowest BCUT2D eigenvalue weighted by molar-refractivity contribution is -0.167. The first kappa shape index (κ1) is 16.9. The van der Waals surface area contributed by atoms with Crippen molar-refractivity contribution < 1.29 is 19.4 Å². The van der Waals surface area contributed by atoms with E-state index in [-0.39, 0.29) is 12.5 Å². The molecule has 6 heteroatoms. The van der Waals surface area contributed by atoms with Crippen LogP contribution in [0.3, 0.4) is 0 Å². The number of carboxylic acid groups (broad SMARTS) is 1. The number of amides is 1. The molecule has 1 rings (SSSR count). The molecule has 0 saturated carbocycles. The highest BCUT2D eigenvalue weighted by molar-refractivity contribution is 5.78. The minimum atomic E-state index is -0.960. The molecule has 0 spiro atoms. The third-order valence-corrected chi connectivity index (χ3v) is 3.36. The van der Waals surface area contributed by atoms with Gasteiger partial charge in [-0.1, -0.05) is 13.8 Å². The van der Waals surface area contributed by atoms with E-state index in [1.54, 1.807) is 0 Å². The van der Waals surface area contributed by atoms with Gasteiger partial charge >= 0.3 is 5.97 Å². The summed E-state index contributed by atoms with van der Waals surface area (Å²) >= 11 is 0. The Morgan fingerprint density at radius 3 is 2.25 bits per heavy atom. The average Bonchev–Trinajstić information content (AvgIpc) is 2.34. The molecule has 0 aromatic rings. The van der Waals surface area contributed by atoms with Gasteiger partial charge in [0.2, 0.25) is 5.91 Å². The second kappa shape index (κ2) is 7.59. The maximum atomic E-state index is 12.2. The standard InChI is InChI=1S/C14H26N2O4/c1-4-6-16(7-5-2)12(17)8-15-10-14(3,11-15)20-9-13(18)19/h4-11H2,1-3H3,(H,18,19). The third-order valence-electron chi connectivity index (χ3n) is 3.36. The van der Waals surface area contributed by atoms with Crippen molar-refractivity contribution in [2.24, 2.45) is 0 Å². The van der Waals surface area contributed by atoms with Gasteiger partial charge in [0.15, 0.2) is 0 Å². The number of nitrogens with zero attached hydrogens (tertiary/aromatic N) is 2. The van der Waals surface area contributed by atoms with Gasteiger partial charge in [-0.3, -0.25) is 9.69 Å². The molecule has 20 heavy (non-hydrogen) atoms. The monoisotopic (exact) mass is 286 g/mol. The highest BCUT2D eigenvalue weighted by Crippen LogP contribution is 2.24. The first-order valence-electron chi connectivity index (χ1n) is 7.26. The van der Waals surface area contributed by atoms with Crippen molar-refractivity contribution in [3.05, 3.63) is 0 Å². The zero-order valence-electron chi connectivity index (χ0n) is 12.7. The summed E-state index contributed by atoms with van der Waals surface area (Å²) in [7, 11) is 0. The van der Waals surface area contributed by atoms with E-state index in [9.17, 15) is 9.59 Å². The summed E-state index contributed by atoms with van der Waals surface area (Å²) in [6.07, 6.45) is 1.93. The van der Waals surface area contributed by atoms with Crippen LogP contribution in [0.4, 0.5) is 0 Å². The average molecular weight is 286 g/mol. The molecule has 0 aromatic heterocycles. The number of likely N-dealkylation sites (tertiary alicyclic amines) is 1. The van der Waals surface area contributed by atoms with Crippen LogP contribution < -0.4 is 0 Å². The summed E-state index contributed by atoms with van der Waals surface area (Å²) in [5.74, 6) is -0.813. The Kier molecular flexibility index (Phi) is 6.42. The summed E-state index contributed by atoms with van der Waals surface area (Å²) in [6, 6.07) is 0. The van der Waals surface area contributed by atoms with Crippen LogP contribution in [0.1, 0.15) is 33.6 Å². The molecule has 1 aliphatic heterocycles. The summed E-state index contributed by atoms with van der Waals surface area (Å²) < 4.78 is 5.33. The Labute approximate surface area is 120 Å². The number of carbonyl (C=O) groups is 2. The Bertz CT molecular complexity index is 334. The topological polar surface area (TPSA) is 70.1 Å². The molecule has 116 valence electrons. The first-order valence-corrected chi connectivity index (χ1v) is 7.26. The molecular weight excluding hydrogens is 260 g/mol. The fourth-order valence-corrected chi connectivity index (χ4v) is 2.53. The molecule has 1 heterocycles. The van der Waals surface area contributed by atoms with Crippen molar-refractivity contribution in [2.75, 3.05) is 39.3 Å². The number of hydrogen-bond donors (Lipinski definition) is 1. The van der Waals surface area contributed by atoms with Gasteiger partial charge in [0.05, 0.1) is 12.1 Å². The molecule has 1 saturated heterocycles. The van der Waals surface area contributed by atoms with Crippen molar-refractivity contribution >= 4 is 11.9 Å². The number of rotatable bonds is 9. The third kappa shape index (κ3) is 5.09. The number of hydrogen-bond acceptors (Lipinski definition) is 4. The molecular formula is C14H26N2O4. The Morgan fingerprint density at radius 2 is 1.80 bits per heavy atom. The molecule has 1 fully saturated rings. The fourth-order valence-electron chi connectivity index (χ4n) is 2.53. The van der Waals surface area contributed by atoms with E-state index in [4.69, 9.17) is 9.84 Å².